The first kappa shape index (κ1) is 16.5. The molecule has 1 amide bonds. The first-order valence-corrected chi connectivity index (χ1v) is 8.50. The highest BCUT2D eigenvalue weighted by atomic mass is 16.5. The monoisotopic (exact) mass is 328 g/mol. The highest BCUT2D eigenvalue weighted by molar-refractivity contribution is 5.96. The number of hydrogen-bond donors (Lipinski definition) is 1. The van der Waals surface area contributed by atoms with Crippen molar-refractivity contribution in [3.8, 4) is 0 Å². The highest BCUT2D eigenvalue weighted by Gasteiger charge is 2.23. The molecule has 6 nitrogen and oxygen atoms in total. The molecule has 0 saturated carbocycles. The molecule has 0 spiro atoms. The standard InChI is InChI=1S/C18H24N4O2/c1-12(2)10-16-20-17(24-21-16)11-19-14-6-4-7-15(13(14)3)22-9-5-8-18(22)23/h4,6-7,12,19H,5,8-11H2,1-3H3. The molecule has 2 heterocycles. The van der Waals surface area contributed by atoms with Crippen molar-refractivity contribution in [3.63, 3.8) is 0 Å². The van der Waals surface area contributed by atoms with Gasteiger partial charge in [0.1, 0.15) is 0 Å². The lowest BCUT2D eigenvalue weighted by Gasteiger charge is -2.20. The molecule has 1 fully saturated rings. The van der Waals surface area contributed by atoms with Crippen molar-refractivity contribution in [2.75, 3.05) is 16.8 Å². The zero-order chi connectivity index (χ0) is 17.1. The lowest BCUT2D eigenvalue weighted by molar-refractivity contribution is -0.117. The number of aromatic nitrogens is 2. The quantitative estimate of drug-likeness (QED) is 0.881. The molecular formula is C18H24N4O2. The number of rotatable bonds is 6. The summed E-state index contributed by atoms with van der Waals surface area (Å²) in [4.78, 5) is 18.3. The summed E-state index contributed by atoms with van der Waals surface area (Å²) in [5.41, 5.74) is 3.03. The van der Waals surface area contributed by atoms with Crippen molar-refractivity contribution < 1.29 is 9.32 Å². The summed E-state index contributed by atoms with van der Waals surface area (Å²) in [6.07, 6.45) is 2.38. The van der Waals surface area contributed by atoms with Crippen LogP contribution in [0.4, 0.5) is 11.4 Å². The van der Waals surface area contributed by atoms with Crippen molar-refractivity contribution in [2.24, 2.45) is 5.92 Å². The van der Waals surface area contributed by atoms with Crippen molar-refractivity contribution in [1.82, 2.24) is 10.1 Å². The van der Waals surface area contributed by atoms with Gasteiger partial charge in [-0.2, -0.15) is 4.98 Å². The number of amides is 1. The molecule has 1 aromatic heterocycles. The topological polar surface area (TPSA) is 71.3 Å². The van der Waals surface area contributed by atoms with Gasteiger partial charge in [-0.1, -0.05) is 25.1 Å². The molecule has 0 radical (unpaired) electrons. The number of nitrogens with one attached hydrogen (secondary N) is 1. The molecule has 6 heteroatoms. The number of benzene rings is 1. The highest BCUT2D eigenvalue weighted by Crippen LogP contribution is 2.30. The zero-order valence-corrected chi connectivity index (χ0v) is 14.5. The van der Waals surface area contributed by atoms with E-state index in [9.17, 15) is 4.79 Å². The molecule has 24 heavy (non-hydrogen) atoms. The summed E-state index contributed by atoms with van der Waals surface area (Å²) < 4.78 is 5.29. The lowest BCUT2D eigenvalue weighted by Crippen LogP contribution is -2.24. The average Bonchev–Trinajstić information content (AvgIpc) is 3.15. The van der Waals surface area contributed by atoms with Crippen LogP contribution in [0.1, 0.15) is 44.0 Å². The Hall–Kier alpha value is -2.37. The SMILES string of the molecule is Cc1c(NCc2nc(CC(C)C)no2)cccc1N1CCCC1=O. The molecule has 0 aliphatic carbocycles. The number of nitrogens with zero attached hydrogens (tertiary/aromatic N) is 3. The third-order valence-corrected chi connectivity index (χ3v) is 4.20. The van der Waals surface area contributed by atoms with Crippen LogP contribution in [-0.2, 0) is 17.8 Å². The third kappa shape index (κ3) is 3.58. The average molecular weight is 328 g/mol. The molecule has 0 atom stereocenters. The second kappa shape index (κ2) is 7.03. The fourth-order valence-corrected chi connectivity index (χ4v) is 2.99. The summed E-state index contributed by atoms with van der Waals surface area (Å²) in [6, 6.07) is 5.97. The van der Waals surface area contributed by atoms with Crippen LogP contribution in [0.2, 0.25) is 0 Å². The summed E-state index contributed by atoms with van der Waals surface area (Å²) in [5, 5.41) is 7.34. The van der Waals surface area contributed by atoms with Gasteiger partial charge in [-0.05, 0) is 37.0 Å². The summed E-state index contributed by atoms with van der Waals surface area (Å²) in [6.45, 7) is 7.56. The third-order valence-electron chi connectivity index (χ3n) is 4.20. The van der Waals surface area contributed by atoms with Crippen LogP contribution in [0.5, 0.6) is 0 Å². The molecule has 128 valence electrons. The maximum absolute atomic E-state index is 12.0. The second-order valence-corrected chi connectivity index (χ2v) is 6.65. The van der Waals surface area contributed by atoms with Crippen LogP contribution in [0, 0.1) is 12.8 Å². The van der Waals surface area contributed by atoms with Gasteiger partial charge in [-0.15, -0.1) is 0 Å². The molecule has 2 aromatic rings. The van der Waals surface area contributed by atoms with E-state index in [4.69, 9.17) is 4.52 Å². The Kier molecular flexibility index (Phi) is 4.83. The Labute approximate surface area is 142 Å². The van der Waals surface area contributed by atoms with Crippen LogP contribution < -0.4 is 10.2 Å². The maximum Gasteiger partial charge on any atom is 0.245 e. The first-order chi connectivity index (χ1) is 11.5. The Morgan fingerprint density at radius 1 is 1.38 bits per heavy atom. The van der Waals surface area contributed by atoms with Gasteiger partial charge in [0, 0.05) is 30.8 Å². The number of carbonyl (C=O) groups is 1. The van der Waals surface area contributed by atoms with Gasteiger partial charge >= 0.3 is 0 Å². The van der Waals surface area contributed by atoms with Crippen molar-refractivity contribution >= 4 is 17.3 Å². The molecule has 1 N–H and O–H groups in total. The van der Waals surface area contributed by atoms with Gasteiger partial charge in [-0.3, -0.25) is 4.79 Å². The van der Waals surface area contributed by atoms with E-state index in [-0.39, 0.29) is 5.91 Å². The molecule has 1 aliphatic rings. The van der Waals surface area contributed by atoms with Crippen LogP contribution >= 0.6 is 0 Å². The van der Waals surface area contributed by atoms with E-state index in [1.807, 2.05) is 30.0 Å². The van der Waals surface area contributed by atoms with Gasteiger partial charge in [-0.25, -0.2) is 0 Å². The van der Waals surface area contributed by atoms with E-state index in [1.165, 1.54) is 0 Å². The maximum atomic E-state index is 12.0. The number of carbonyl (C=O) groups excluding carboxylic acids is 1. The van der Waals surface area contributed by atoms with Crippen LogP contribution in [0.25, 0.3) is 0 Å². The summed E-state index contributed by atoms with van der Waals surface area (Å²) >= 11 is 0. The Morgan fingerprint density at radius 3 is 2.92 bits per heavy atom. The van der Waals surface area contributed by atoms with Crippen molar-refractivity contribution in [3.05, 3.63) is 35.5 Å². The van der Waals surface area contributed by atoms with E-state index in [0.717, 1.165) is 42.1 Å². The first-order valence-electron chi connectivity index (χ1n) is 8.50. The Balaban J connectivity index is 1.69. The Morgan fingerprint density at radius 2 is 2.21 bits per heavy atom. The van der Waals surface area contributed by atoms with Crippen LogP contribution in [-0.4, -0.2) is 22.6 Å². The molecular weight excluding hydrogens is 304 g/mol. The fourth-order valence-electron chi connectivity index (χ4n) is 2.99. The van der Waals surface area contributed by atoms with Crippen LogP contribution in [0.15, 0.2) is 22.7 Å². The molecule has 0 bridgehead atoms. The van der Waals surface area contributed by atoms with E-state index in [2.05, 4.69) is 29.3 Å². The van der Waals surface area contributed by atoms with Gasteiger partial charge in [0.15, 0.2) is 5.82 Å². The van der Waals surface area contributed by atoms with E-state index in [0.29, 0.717) is 24.8 Å². The summed E-state index contributed by atoms with van der Waals surface area (Å²) in [5.74, 6) is 2.02. The minimum Gasteiger partial charge on any atom is -0.376 e. The molecule has 1 saturated heterocycles. The van der Waals surface area contributed by atoms with Crippen molar-refractivity contribution in [2.45, 2.75) is 46.6 Å². The van der Waals surface area contributed by atoms with Gasteiger partial charge < -0.3 is 14.7 Å². The summed E-state index contributed by atoms with van der Waals surface area (Å²) in [7, 11) is 0. The molecule has 3 rings (SSSR count). The minimum atomic E-state index is 0.200. The number of anilines is 2. The van der Waals surface area contributed by atoms with Crippen LogP contribution in [0.3, 0.4) is 0 Å². The fraction of sp³-hybridized carbons (Fsp3) is 0.500. The van der Waals surface area contributed by atoms with Gasteiger partial charge in [0.25, 0.3) is 0 Å². The molecule has 1 aromatic carbocycles. The normalized spacial score (nSPS) is 14.7. The van der Waals surface area contributed by atoms with E-state index < -0.39 is 0 Å². The van der Waals surface area contributed by atoms with E-state index in [1.54, 1.807) is 0 Å². The predicted octanol–water partition coefficient (Wildman–Crippen LogP) is 3.32. The zero-order valence-electron chi connectivity index (χ0n) is 14.5. The van der Waals surface area contributed by atoms with Crippen molar-refractivity contribution in [1.29, 1.82) is 0 Å². The largest absolute Gasteiger partial charge is 0.376 e. The van der Waals surface area contributed by atoms with Gasteiger partial charge in [0.05, 0.1) is 6.54 Å². The lowest BCUT2D eigenvalue weighted by atomic mass is 10.1. The minimum absolute atomic E-state index is 0.200. The van der Waals surface area contributed by atoms with E-state index >= 15 is 0 Å². The predicted molar refractivity (Wildman–Crippen MR) is 92.9 cm³/mol. The smallest absolute Gasteiger partial charge is 0.245 e. The van der Waals surface area contributed by atoms with Gasteiger partial charge in [0.2, 0.25) is 11.8 Å². The Bertz CT molecular complexity index is 724. The second-order valence-electron chi connectivity index (χ2n) is 6.65. The number of hydrogen-bond acceptors (Lipinski definition) is 5. The molecule has 0 unspecified atom stereocenters. The molecule has 1 aliphatic heterocycles.